The number of carbonyl (C=O) groups is 1. The number of nitrogens with one attached hydrogen (secondary N) is 1. The lowest BCUT2D eigenvalue weighted by atomic mass is 10.1. The van der Waals surface area contributed by atoms with E-state index in [9.17, 15) is 4.79 Å². The van der Waals surface area contributed by atoms with Gasteiger partial charge in [0, 0.05) is 18.5 Å². The van der Waals surface area contributed by atoms with Gasteiger partial charge >= 0.3 is 0 Å². The molecular formula is C18H26Cl2N4O2S. The molecule has 0 spiro atoms. The van der Waals surface area contributed by atoms with Crippen LogP contribution in [0.2, 0.25) is 0 Å². The van der Waals surface area contributed by atoms with Gasteiger partial charge in [0.25, 0.3) is 5.91 Å². The van der Waals surface area contributed by atoms with Gasteiger partial charge in [-0.2, -0.15) is 0 Å². The summed E-state index contributed by atoms with van der Waals surface area (Å²) in [6.07, 6.45) is 2.40. The lowest BCUT2D eigenvalue weighted by Gasteiger charge is -2.28. The Hall–Kier alpha value is -1.38. The van der Waals surface area contributed by atoms with Crippen LogP contribution in [-0.4, -0.2) is 42.5 Å². The molecule has 1 unspecified atom stereocenters. The van der Waals surface area contributed by atoms with Gasteiger partial charge in [-0.25, -0.2) is 4.98 Å². The average Bonchev–Trinajstić information content (AvgIpc) is 3.34. The van der Waals surface area contributed by atoms with Crippen LogP contribution in [0.5, 0.6) is 5.75 Å². The molecule has 3 N–H and O–H groups in total. The maximum atomic E-state index is 12.4. The summed E-state index contributed by atoms with van der Waals surface area (Å²) in [5.41, 5.74) is 7.20. The smallest absolute Gasteiger partial charge is 0.270 e. The molecule has 9 heteroatoms. The molecule has 0 radical (unpaired) electrons. The Morgan fingerprint density at radius 2 is 1.96 bits per heavy atom. The molecule has 2 heterocycles. The second-order valence-electron chi connectivity index (χ2n) is 6.07. The first kappa shape index (κ1) is 23.7. The standard InChI is InChI=1S/C18H24N4O2S.2ClH/c1-24-14-6-4-13(5-7-14)16(22-8-2-3-9-22)11-20-18(23)15-12-25-17(10-19)21-15;;/h4-7,12,16H,2-3,8-11,19H2,1H3,(H,20,23);2*1H. The summed E-state index contributed by atoms with van der Waals surface area (Å²) in [7, 11) is 1.66. The predicted octanol–water partition coefficient (Wildman–Crippen LogP) is 3.02. The minimum Gasteiger partial charge on any atom is -0.497 e. The minimum absolute atomic E-state index is 0. The molecule has 0 saturated carbocycles. The Morgan fingerprint density at radius 1 is 1.30 bits per heavy atom. The van der Waals surface area contributed by atoms with Crippen molar-refractivity contribution in [3.8, 4) is 5.75 Å². The van der Waals surface area contributed by atoms with Crippen molar-refractivity contribution in [2.24, 2.45) is 5.73 Å². The molecule has 1 amide bonds. The fourth-order valence-corrected chi connectivity index (χ4v) is 3.78. The van der Waals surface area contributed by atoms with Crippen molar-refractivity contribution in [3.05, 3.63) is 45.9 Å². The number of methoxy groups -OCH3 is 1. The van der Waals surface area contributed by atoms with Gasteiger partial charge in [0.2, 0.25) is 0 Å². The zero-order valence-electron chi connectivity index (χ0n) is 15.2. The number of ether oxygens (including phenoxy) is 1. The van der Waals surface area contributed by atoms with E-state index in [1.54, 1.807) is 12.5 Å². The van der Waals surface area contributed by atoms with E-state index in [0.717, 1.165) is 23.8 Å². The van der Waals surface area contributed by atoms with Gasteiger partial charge in [-0.15, -0.1) is 36.2 Å². The molecule has 1 aromatic heterocycles. The number of likely N-dealkylation sites (tertiary alicyclic amines) is 1. The number of hydrogen-bond acceptors (Lipinski definition) is 6. The van der Waals surface area contributed by atoms with Gasteiger partial charge < -0.3 is 15.8 Å². The van der Waals surface area contributed by atoms with E-state index in [4.69, 9.17) is 10.5 Å². The average molecular weight is 433 g/mol. The van der Waals surface area contributed by atoms with Crippen LogP contribution in [0.3, 0.4) is 0 Å². The molecule has 150 valence electrons. The highest BCUT2D eigenvalue weighted by molar-refractivity contribution is 7.09. The maximum absolute atomic E-state index is 12.4. The van der Waals surface area contributed by atoms with Crippen LogP contribution in [0, 0.1) is 0 Å². The van der Waals surface area contributed by atoms with Crippen molar-refractivity contribution in [2.75, 3.05) is 26.7 Å². The summed E-state index contributed by atoms with van der Waals surface area (Å²) < 4.78 is 5.24. The Morgan fingerprint density at radius 3 is 2.52 bits per heavy atom. The van der Waals surface area contributed by atoms with Crippen LogP contribution in [0.1, 0.15) is 39.9 Å². The monoisotopic (exact) mass is 432 g/mol. The maximum Gasteiger partial charge on any atom is 0.270 e. The van der Waals surface area contributed by atoms with E-state index in [2.05, 4.69) is 27.3 Å². The highest BCUT2D eigenvalue weighted by Gasteiger charge is 2.24. The molecule has 1 fully saturated rings. The van der Waals surface area contributed by atoms with Gasteiger partial charge in [0.05, 0.1) is 13.2 Å². The predicted molar refractivity (Wildman–Crippen MR) is 113 cm³/mol. The molecule has 3 rings (SSSR count). The number of benzene rings is 1. The zero-order valence-corrected chi connectivity index (χ0v) is 17.7. The minimum atomic E-state index is -0.145. The van der Waals surface area contributed by atoms with Crippen molar-refractivity contribution >= 4 is 42.1 Å². The number of carbonyl (C=O) groups excluding carboxylic acids is 1. The van der Waals surface area contributed by atoms with Crippen LogP contribution in [0.25, 0.3) is 0 Å². The number of nitrogens with zero attached hydrogens (tertiary/aromatic N) is 2. The van der Waals surface area contributed by atoms with Crippen molar-refractivity contribution in [1.82, 2.24) is 15.2 Å². The van der Waals surface area contributed by atoms with Gasteiger partial charge in [0.1, 0.15) is 16.5 Å². The number of nitrogens with two attached hydrogens (primary N) is 1. The number of amides is 1. The molecule has 1 aromatic carbocycles. The van der Waals surface area contributed by atoms with Crippen LogP contribution < -0.4 is 15.8 Å². The summed E-state index contributed by atoms with van der Waals surface area (Å²) in [5, 5.41) is 5.57. The molecule has 1 saturated heterocycles. The Bertz CT molecular complexity index is 706. The molecule has 27 heavy (non-hydrogen) atoms. The van der Waals surface area contributed by atoms with Crippen LogP contribution in [0.15, 0.2) is 29.6 Å². The Kier molecular flexibility index (Phi) is 10.0. The second-order valence-corrected chi connectivity index (χ2v) is 7.02. The topological polar surface area (TPSA) is 80.5 Å². The quantitative estimate of drug-likeness (QED) is 0.702. The first-order chi connectivity index (χ1) is 12.2. The zero-order chi connectivity index (χ0) is 17.6. The summed E-state index contributed by atoms with van der Waals surface area (Å²) in [6, 6.07) is 8.24. The Labute approximate surface area is 176 Å². The summed E-state index contributed by atoms with van der Waals surface area (Å²) in [6.45, 7) is 3.03. The largest absolute Gasteiger partial charge is 0.497 e. The first-order valence-corrected chi connectivity index (χ1v) is 9.40. The first-order valence-electron chi connectivity index (χ1n) is 8.52. The Balaban J connectivity index is 0.00000182. The highest BCUT2D eigenvalue weighted by atomic mass is 35.5. The van der Waals surface area contributed by atoms with Gasteiger partial charge in [-0.05, 0) is 43.6 Å². The SMILES string of the molecule is COc1ccc(C(CNC(=O)c2csc(CN)n2)N2CCCC2)cc1.Cl.Cl. The molecule has 1 atom stereocenters. The second kappa shape index (κ2) is 11.5. The van der Waals surface area contributed by atoms with Gasteiger partial charge in [-0.1, -0.05) is 12.1 Å². The lowest BCUT2D eigenvalue weighted by molar-refractivity contribution is 0.0933. The van der Waals surface area contributed by atoms with Crippen molar-refractivity contribution in [3.63, 3.8) is 0 Å². The number of halogens is 2. The highest BCUT2D eigenvalue weighted by Crippen LogP contribution is 2.26. The van der Waals surface area contributed by atoms with E-state index in [-0.39, 0.29) is 36.8 Å². The molecule has 2 aromatic rings. The number of thiazole rings is 1. The molecule has 1 aliphatic heterocycles. The van der Waals surface area contributed by atoms with Crippen molar-refractivity contribution < 1.29 is 9.53 Å². The third-order valence-electron chi connectivity index (χ3n) is 4.50. The van der Waals surface area contributed by atoms with Gasteiger partial charge in [-0.3, -0.25) is 9.69 Å². The van der Waals surface area contributed by atoms with E-state index in [1.165, 1.54) is 29.7 Å². The third-order valence-corrected chi connectivity index (χ3v) is 5.37. The molecule has 1 aliphatic rings. The number of rotatable bonds is 7. The fraction of sp³-hybridized carbons (Fsp3) is 0.444. The fourth-order valence-electron chi connectivity index (χ4n) is 3.13. The molecule has 0 bridgehead atoms. The van der Waals surface area contributed by atoms with Gasteiger partial charge in [0.15, 0.2) is 0 Å². The van der Waals surface area contributed by atoms with E-state index < -0.39 is 0 Å². The number of hydrogen-bond donors (Lipinski definition) is 2. The van der Waals surface area contributed by atoms with Crippen molar-refractivity contribution in [2.45, 2.75) is 25.4 Å². The van der Waals surface area contributed by atoms with E-state index in [1.807, 2.05) is 12.1 Å². The summed E-state index contributed by atoms with van der Waals surface area (Å²) in [4.78, 5) is 19.1. The van der Waals surface area contributed by atoms with Crippen LogP contribution >= 0.6 is 36.2 Å². The molecular weight excluding hydrogens is 407 g/mol. The summed E-state index contributed by atoms with van der Waals surface area (Å²) in [5.74, 6) is 0.693. The van der Waals surface area contributed by atoms with Crippen LogP contribution in [-0.2, 0) is 6.54 Å². The van der Waals surface area contributed by atoms with E-state index in [0.29, 0.717) is 18.8 Å². The number of aromatic nitrogens is 1. The van der Waals surface area contributed by atoms with Crippen molar-refractivity contribution in [1.29, 1.82) is 0 Å². The lowest BCUT2D eigenvalue weighted by Crippen LogP contribution is -2.36. The van der Waals surface area contributed by atoms with E-state index >= 15 is 0 Å². The van der Waals surface area contributed by atoms with Crippen LogP contribution in [0.4, 0.5) is 0 Å². The third kappa shape index (κ3) is 6.05. The summed E-state index contributed by atoms with van der Waals surface area (Å²) >= 11 is 1.42. The molecule has 6 nitrogen and oxygen atoms in total. The molecule has 0 aliphatic carbocycles. The normalized spacial score (nSPS) is 14.7.